The highest BCUT2D eigenvalue weighted by molar-refractivity contribution is 5.97. The van der Waals surface area contributed by atoms with Gasteiger partial charge in [-0.15, -0.1) is 0 Å². The molecular weight excluding hydrogens is 478 g/mol. The monoisotopic (exact) mass is 507 g/mol. The highest BCUT2D eigenvalue weighted by Gasteiger charge is 2.44. The number of carboxylic acid groups (broad SMARTS) is 1. The fourth-order valence-corrected chi connectivity index (χ4v) is 5.38. The molecule has 0 bridgehead atoms. The van der Waals surface area contributed by atoms with Crippen molar-refractivity contribution in [1.29, 1.82) is 0 Å². The van der Waals surface area contributed by atoms with Crippen LogP contribution in [0, 0.1) is 11.8 Å². The van der Waals surface area contributed by atoms with Crippen molar-refractivity contribution in [3.63, 3.8) is 0 Å². The molecule has 0 spiro atoms. The van der Waals surface area contributed by atoms with Gasteiger partial charge in [0.2, 0.25) is 5.43 Å². The number of hydrogen-bond donors (Lipinski definition) is 2. The molecule has 2 atom stereocenters. The Hall–Kier alpha value is -4.26. The SMILES string of the molecule is CC(C)(NC(=O)c1cn(-c2cccc(-c3ccc(C4CC4C(=O)O)cc3)c2)c2ncccc2c1=O)C1CC1. The predicted octanol–water partition coefficient (Wildman–Crippen LogP) is 5.16. The number of benzene rings is 2. The van der Waals surface area contributed by atoms with Crippen molar-refractivity contribution >= 4 is 22.9 Å². The van der Waals surface area contributed by atoms with Gasteiger partial charge >= 0.3 is 5.97 Å². The van der Waals surface area contributed by atoms with E-state index < -0.39 is 5.97 Å². The van der Waals surface area contributed by atoms with Crippen molar-refractivity contribution in [2.45, 2.75) is 44.6 Å². The molecule has 7 heteroatoms. The average molecular weight is 508 g/mol. The van der Waals surface area contributed by atoms with Crippen molar-refractivity contribution in [1.82, 2.24) is 14.9 Å². The number of aliphatic carboxylic acids is 1. The van der Waals surface area contributed by atoms with E-state index in [1.165, 1.54) is 0 Å². The van der Waals surface area contributed by atoms with Gasteiger partial charge in [-0.05, 0) is 85.9 Å². The number of pyridine rings is 2. The average Bonchev–Trinajstić information content (AvgIpc) is 3.82. The first-order valence-electron chi connectivity index (χ1n) is 13.0. The van der Waals surface area contributed by atoms with E-state index >= 15 is 0 Å². The van der Waals surface area contributed by atoms with Crippen LogP contribution in [-0.2, 0) is 4.79 Å². The van der Waals surface area contributed by atoms with Gasteiger partial charge in [0, 0.05) is 23.6 Å². The molecule has 2 aromatic heterocycles. The first kappa shape index (κ1) is 24.1. The molecule has 6 rings (SSSR count). The number of carboxylic acids is 1. The lowest BCUT2D eigenvalue weighted by molar-refractivity contribution is -0.138. The Balaban J connectivity index is 1.37. The van der Waals surface area contributed by atoms with E-state index in [0.29, 0.717) is 23.4 Å². The van der Waals surface area contributed by atoms with Crippen LogP contribution in [0.3, 0.4) is 0 Å². The summed E-state index contributed by atoms with van der Waals surface area (Å²) in [7, 11) is 0. The standard InChI is InChI=1S/C31H29N3O4/c1-31(2,21-12-13-21)33-29(36)26-17-34(28-23(27(26)35)7-4-14-32-28)22-6-3-5-20(15-22)18-8-10-19(11-9-18)24-16-25(24)30(37)38/h3-11,14-15,17,21,24-25H,12-13,16H2,1-2H3,(H,33,36)(H,37,38). The molecule has 7 nitrogen and oxygen atoms in total. The number of aromatic nitrogens is 2. The van der Waals surface area contributed by atoms with Gasteiger partial charge in [-0.25, -0.2) is 4.98 Å². The van der Waals surface area contributed by atoms with Crippen molar-refractivity contribution in [3.8, 4) is 16.8 Å². The third-order valence-electron chi connectivity index (χ3n) is 7.94. The Morgan fingerprint density at radius 2 is 1.79 bits per heavy atom. The van der Waals surface area contributed by atoms with Crippen LogP contribution in [0.25, 0.3) is 27.8 Å². The van der Waals surface area contributed by atoms with Gasteiger partial charge in [-0.2, -0.15) is 0 Å². The Labute approximate surface area is 220 Å². The number of rotatable bonds is 7. The molecule has 2 aromatic carbocycles. The van der Waals surface area contributed by atoms with Gasteiger partial charge < -0.3 is 15.0 Å². The second-order valence-corrected chi connectivity index (χ2v) is 11.0. The Bertz CT molecular complexity index is 1630. The Morgan fingerprint density at radius 3 is 2.47 bits per heavy atom. The molecule has 192 valence electrons. The van der Waals surface area contributed by atoms with Crippen molar-refractivity contribution in [2.75, 3.05) is 0 Å². The number of nitrogens with zero attached hydrogens (tertiary/aromatic N) is 2. The molecule has 0 aliphatic heterocycles. The lowest BCUT2D eigenvalue weighted by Crippen LogP contribution is -2.46. The number of hydrogen-bond acceptors (Lipinski definition) is 4. The zero-order valence-electron chi connectivity index (χ0n) is 21.3. The summed E-state index contributed by atoms with van der Waals surface area (Å²) < 4.78 is 1.80. The predicted molar refractivity (Wildman–Crippen MR) is 146 cm³/mol. The third-order valence-corrected chi connectivity index (χ3v) is 7.94. The summed E-state index contributed by atoms with van der Waals surface area (Å²) in [4.78, 5) is 42.3. The molecule has 2 aliphatic carbocycles. The van der Waals surface area contributed by atoms with Crippen LogP contribution < -0.4 is 10.7 Å². The Kier molecular flexibility index (Phi) is 5.67. The molecule has 0 radical (unpaired) electrons. The van der Waals surface area contributed by atoms with E-state index in [2.05, 4.69) is 10.3 Å². The van der Waals surface area contributed by atoms with Crippen LogP contribution in [0.4, 0.5) is 0 Å². The Morgan fingerprint density at radius 1 is 1.03 bits per heavy atom. The summed E-state index contributed by atoms with van der Waals surface area (Å²) in [6, 6.07) is 19.3. The molecule has 2 aliphatic rings. The van der Waals surface area contributed by atoms with Crippen LogP contribution in [0.2, 0.25) is 0 Å². The van der Waals surface area contributed by atoms with Crippen LogP contribution in [-0.4, -0.2) is 32.1 Å². The second-order valence-electron chi connectivity index (χ2n) is 11.0. The molecule has 2 heterocycles. The molecule has 38 heavy (non-hydrogen) atoms. The fraction of sp³-hybridized carbons (Fsp3) is 0.290. The minimum atomic E-state index is -0.738. The van der Waals surface area contributed by atoms with Crippen LogP contribution in [0.15, 0.2) is 77.9 Å². The van der Waals surface area contributed by atoms with Gasteiger partial charge in [0.15, 0.2) is 0 Å². The molecule has 1 amide bonds. The van der Waals surface area contributed by atoms with Gasteiger partial charge in [-0.1, -0.05) is 36.4 Å². The molecule has 2 fully saturated rings. The normalized spacial score (nSPS) is 18.8. The van der Waals surface area contributed by atoms with E-state index in [1.807, 2.05) is 62.4 Å². The molecule has 4 aromatic rings. The quantitative estimate of drug-likeness (QED) is 0.360. The first-order valence-corrected chi connectivity index (χ1v) is 13.0. The largest absolute Gasteiger partial charge is 0.481 e. The maximum Gasteiger partial charge on any atom is 0.307 e. The summed E-state index contributed by atoms with van der Waals surface area (Å²) in [5, 5.41) is 12.7. The minimum absolute atomic E-state index is 0.0842. The summed E-state index contributed by atoms with van der Waals surface area (Å²) in [5.74, 6) is -0.892. The van der Waals surface area contributed by atoms with Gasteiger partial charge in [-0.3, -0.25) is 14.4 Å². The van der Waals surface area contributed by atoms with Crippen LogP contribution in [0.5, 0.6) is 0 Å². The van der Waals surface area contributed by atoms with E-state index in [1.54, 1.807) is 29.1 Å². The first-order chi connectivity index (χ1) is 18.2. The number of fused-ring (bicyclic) bond motifs is 1. The maximum absolute atomic E-state index is 13.3. The zero-order valence-corrected chi connectivity index (χ0v) is 21.3. The van der Waals surface area contributed by atoms with E-state index in [-0.39, 0.29) is 34.3 Å². The number of amides is 1. The number of carbonyl (C=O) groups is 2. The number of nitrogens with one attached hydrogen (secondary N) is 1. The van der Waals surface area contributed by atoms with Crippen molar-refractivity contribution < 1.29 is 14.7 Å². The molecule has 2 N–H and O–H groups in total. The number of carbonyl (C=O) groups excluding carboxylic acids is 1. The smallest absolute Gasteiger partial charge is 0.307 e. The van der Waals surface area contributed by atoms with Crippen LogP contribution >= 0.6 is 0 Å². The molecular formula is C31H29N3O4. The van der Waals surface area contributed by atoms with E-state index in [9.17, 15) is 19.5 Å². The summed E-state index contributed by atoms with van der Waals surface area (Å²) in [6.07, 6.45) is 6.07. The van der Waals surface area contributed by atoms with Gasteiger partial charge in [0.25, 0.3) is 5.91 Å². The molecule has 2 saturated carbocycles. The van der Waals surface area contributed by atoms with E-state index in [0.717, 1.165) is 35.2 Å². The summed E-state index contributed by atoms with van der Waals surface area (Å²) in [5.41, 5.74) is 3.63. The fourth-order valence-electron chi connectivity index (χ4n) is 5.38. The summed E-state index contributed by atoms with van der Waals surface area (Å²) >= 11 is 0. The maximum atomic E-state index is 13.3. The second kappa shape index (κ2) is 8.94. The van der Waals surface area contributed by atoms with Crippen molar-refractivity contribution in [3.05, 3.63) is 94.4 Å². The highest BCUT2D eigenvalue weighted by Crippen LogP contribution is 2.47. The van der Waals surface area contributed by atoms with Crippen LogP contribution in [0.1, 0.15) is 54.9 Å². The van der Waals surface area contributed by atoms with Crippen molar-refractivity contribution in [2.24, 2.45) is 11.8 Å². The topological polar surface area (TPSA) is 101 Å². The highest BCUT2D eigenvalue weighted by atomic mass is 16.4. The third kappa shape index (κ3) is 4.38. The zero-order chi connectivity index (χ0) is 26.6. The lowest BCUT2D eigenvalue weighted by atomic mass is 9.98. The van der Waals surface area contributed by atoms with E-state index in [4.69, 9.17) is 0 Å². The minimum Gasteiger partial charge on any atom is -0.481 e. The lowest BCUT2D eigenvalue weighted by Gasteiger charge is -2.26. The molecule has 0 saturated heterocycles. The van der Waals surface area contributed by atoms with Gasteiger partial charge in [0.05, 0.1) is 11.3 Å². The summed E-state index contributed by atoms with van der Waals surface area (Å²) in [6.45, 7) is 4.01. The van der Waals surface area contributed by atoms with Gasteiger partial charge in [0.1, 0.15) is 11.2 Å². The molecule has 2 unspecified atom stereocenters.